The average Bonchev–Trinajstić information content (AvgIpc) is 2.23. The number of rotatable bonds is 9. The van der Waals surface area contributed by atoms with E-state index in [1.54, 1.807) is 7.11 Å². The lowest BCUT2D eigenvalue weighted by atomic mass is 10.3. The molecule has 0 aromatic rings. The third-order valence-corrected chi connectivity index (χ3v) is 2.34. The van der Waals surface area contributed by atoms with Crippen LogP contribution in [0.25, 0.3) is 0 Å². The number of likely N-dealkylation sites (N-methyl/N-ethyl adjacent to an activating group) is 1. The van der Waals surface area contributed by atoms with Crippen molar-refractivity contribution in [1.29, 1.82) is 0 Å². The number of hydrogen-bond acceptors (Lipinski definition) is 4. The van der Waals surface area contributed by atoms with Crippen molar-refractivity contribution in [3.8, 4) is 0 Å². The summed E-state index contributed by atoms with van der Waals surface area (Å²) in [5.41, 5.74) is 0. The van der Waals surface area contributed by atoms with Crippen molar-refractivity contribution in [3.05, 3.63) is 0 Å². The summed E-state index contributed by atoms with van der Waals surface area (Å²) in [5, 5.41) is 9.69. The molecule has 4 nitrogen and oxygen atoms in total. The number of nitrogens with zero attached hydrogens (tertiary/aromatic N) is 1. The van der Waals surface area contributed by atoms with E-state index in [1.807, 2.05) is 6.92 Å². The van der Waals surface area contributed by atoms with Gasteiger partial charge in [0.2, 0.25) is 0 Å². The van der Waals surface area contributed by atoms with Crippen molar-refractivity contribution in [2.24, 2.45) is 0 Å². The number of hydrogen-bond donors (Lipinski definition) is 1. The Morgan fingerprint density at radius 2 is 1.80 bits per heavy atom. The SMILES string of the molecule is CCN(CC)CC(O)COC(C)COC. The Morgan fingerprint density at radius 1 is 1.20 bits per heavy atom. The lowest BCUT2D eigenvalue weighted by molar-refractivity contribution is -0.0390. The van der Waals surface area contributed by atoms with Crippen LogP contribution in [0.3, 0.4) is 0 Å². The molecule has 0 aliphatic carbocycles. The molecule has 0 aromatic heterocycles. The van der Waals surface area contributed by atoms with Crippen LogP contribution in [0.2, 0.25) is 0 Å². The normalized spacial score (nSPS) is 15.6. The zero-order valence-corrected chi connectivity index (χ0v) is 10.4. The summed E-state index contributed by atoms with van der Waals surface area (Å²) in [4.78, 5) is 2.18. The van der Waals surface area contributed by atoms with E-state index < -0.39 is 6.10 Å². The van der Waals surface area contributed by atoms with Crippen LogP contribution in [0.1, 0.15) is 20.8 Å². The lowest BCUT2D eigenvalue weighted by Crippen LogP contribution is -2.35. The molecular weight excluding hydrogens is 194 g/mol. The van der Waals surface area contributed by atoms with Crippen LogP contribution in [0.5, 0.6) is 0 Å². The fraction of sp³-hybridized carbons (Fsp3) is 1.00. The van der Waals surface area contributed by atoms with Crippen molar-refractivity contribution in [1.82, 2.24) is 4.90 Å². The Balaban J connectivity index is 3.59. The van der Waals surface area contributed by atoms with Gasteiger partial charge in [-0.05, 0) is 20.0 Å². The number of aliphatic hydroxyl groups excluding tert-OH is 1. The van der Waals surface area contributed by atoms with E-state index in [0.29, 0.717) is 19.8 Å². The van der Waals surface area contributed by atoms with Crippen LogP contribution in [0.4, 0.5) is 0 Å². The average molecular weight is 219 g/mol. The molecule has 0 rings (SSSR count). The molecule has 0 spiro atoms. The predicted molar refractivity (Wildman–Crippen MR) is 61.1 cm³/mol. The molecule has 0 aliphatic rings. The van der Waals surface area contributed by atoms with Crippen LogP contribution in [-0.4, -0.2) is 62.2 Å². The molecule has 0 saturated heterocycles. The van der Waals surface area contributed by atoms with E-state index in [1.165, 1.54) is 0 Å². The van der Waals surface area contributed by atoms with Crippen LogP contribution >= 0.6 is 0 Å². The zero-order valence-electron chi connectivity index (χ0n) is 10.4. The molecule has 0 bridgehead atoms. The standard InChI is InChI=1S/C11H25NO3/c1-5-12(6-2)7-11(13)9-15-10(3)8-14-4/h10-11,13H,5-9H2,1-4H3. The number of ether oxygens (including phenoxy) is 2. The van der Waals surface area contributed by atoms with Crippen LogP contribution in [0.15, 0.2) is 0 Å². The maximum atomic E-state index is 9.69. The highest BCUT2D eigenvalue weighted by atomic mass is 16.5. The van der Waals surface area contributed by atoms with E-state index in [4.69, 9.17) is 9.47 Å². The van der Waals surface area contributed by atoms with Gasteiger partial charge in [-0.3, -0.25) is 0 Å². The van der Waals surface area contributed by atoms with Crippen molar-refractivity contribution in [3.63, 3.8) is 0 Å². The topological polar surface area (TPSA) is 41.9 Å². The molecule has 0 radical (unpaired) electrons. The first kappa shape index (κ1) is 14.8. The Bertz CT molecular complexity index is 140. The van der Waals surface area contributed by atoms with Gasteiger partial charge in [-0.15, -0.1) is 0 Å². The van der Waals surface area contributed by atoms with Crippen LogP contribution in [-0.2, 0) is 9.47 Å². The summed E-state index contributed by atoms with van der Waals surface area (Å²) in [6, 6.07) is 0. The van der Waals surface area contributed by atoms with Crippen LogP contribution in [0, 0.1) is 0 Å². The van der Waals surface area contributed by atoms with Gasteiger partial charge in [0.15, 0.2) is 0 Å². The highest BCUT2D eigenvalue weighted by Gasteiger charge is 2.10. The van der Waals surface area contributed by atoms with Crippen molar-refractivity contribution >= 4 is 0 Å². The number of aliphatic hydroxyl groups is 1. The fourth-order valence-corrected chi connectivity index (χ4v) is 1.39. The molecule has 0 saturated carbocycles. The summed E-state index contributed by atoms with van der Waals surface area (Å²) in [6.45, 7) is 9.65. The summed E-state index contributed by atoms with van der Waals surface area (Å²) in [5.74, 6) is 0. The second-order valence-electron chi connectivity index (χ2n) is 3.74. The molecule has 0 aromatic carbocycles. The van der Waals surface area contributed by atoms with Gasteiger partial charge in [-0.1, -0.05) is 13.8 Å². The monoisotopic (exact) mass is 219 g/mol. The van der Waals surface area contributed by atoms with E-state index in [2.05, 4.69) is 18.7 Å². The minimum Gasteiger partial charge on any atom is -0.389 e. The van der Waals surface area contributed by atoms with Crippen molar-refractivity contribution < 1.29 is 14.6 Å². The zero-order chi connectivity index (χ0) is 11.7. The molecule has 0 amide bonds. The number of methoxy groups -OCH3 is 1. The minimum atomic E-state index is -0.413. The maximum absolute atomic E-state index is 9.69. The third-order valence-electron chi connectivity index (χ3n) is 2.34. The molecule has 2 atom stereocenters. The van der Waals surface area contributed by atoms with Gasteiger partial charge in [-0.2, -0.15) is 0 Å². The minimum absolute atomic E-state index is 0.0429. The largest absolute Gasteiger partial charge is 0.389 e. The molecule has 0 fully saturated rings. The molecule has 0 aliphatic heterocycles. The van der Waals surface area contributed by atoms with Gasteiger partial charge in [0.1, 0.15) is 0 Å². The molecule has 15 heavy (non-hydrogen) atoms. The molecule has 2 unspecified atom stereocenters. The van der Waals surface area contributed by atoms with E-state index >= 15 is 0 Å². The Labute approximate surface area is 93.2 Å². The second kappa shape index (κ2) is 9.09. The highest BCUT2D eigenvalue weighted by molar-refractivity contribution is 4.62. The lowest BCUT2D eigenvalue weighted by Gasteiger charge is -2.22. The molecule has 4 heteroatoms. The van der Waals surface area contributed by atoms with Gasteiger partial charge < -0.3 is 19.5 Å². The van der Waals surface area contributed by atoms with E-state index in [-0.39, 0.29) is 6.10 Å². The first-order valence-electron chi connectivity index (χ1n) is 5.64. The summed E-state index contributed by atoms with van der Waals surface area (Å²) in [7, 11) is 1.65. The molecular formula is C11H25NO3. The van der Waals surface area contributed by atoms with Crippen LogP contribution < -0.4 is 0 Å². The molecule has 1 N–H and O–H groups in total. The highest BCUT2D eigenvalue weighted by Crippen LogP contribution is 1.97. The quantitative estimate of drug-likeness (QED) is 0.621. The van der Waals surface area contributed by atoms with Gasteiger partial charge in [0, 0.05) is 13.7 Å². The first-order chi connectivity index (χ1) is 7.13. The second-order valence-corrected chi connectivity index (χ2v) is 3.74. The summed E-state index contributed by atoms with van der Waals surface area (Å²) < 4.78 is 10.4. The maximum Gasteiger partial charge on any atom is 0.0900 e. The molecule has 92 valence electrons. The van der Waals surface area contributed by atoms with E-state index in [9.17, 15) is 5.11 Å². The Kier molecular flexibility index (Phi) is 9.00. The smallest absolute Gasteiger partial charge is 0.0900 e. The summed E-state index contributed by atoms with van der Waals surface area (Å²) in [6.07, 6.45) is -0.370. The Hall–Kier alpha value is -0.160. The molecule has 0 heterocycles. The summed E-state index contributed by atoms with van der Waals surface area (Å²) >= 11 is 0. The third kappa shape index (κ3) is 7.73. The van der Waals surface area contributed by atoms with Gasteiger partial charge in [-0.25, -0.2) is 0 Å². The predicted octanol–water partition coefficient (Wildman–Crippen LogP) is 0.741. The van der Waals surface area contributed by atoms with Crippen molar-refractivity contribution in [2.75, 3.05) is 40.0 Å². The fourth-order valence-electron chi connectivity index (χ4n) is 1.39. The van der Waals surface area contributed by atoms with E-state index in [0.717, 1.165) is 13.1 Å². The van der Waals surface area contributed by atoms with Crippen molar-refractivity contribution in [2.45, 2.75) is 33.0 Å². The van der Waals surface area contributed by atoms with Gasteiger partial charge >= 0.3 is 0 Å². The van der Waals surface area contributed by atoms with Gasteiger partial charge in [0.05, 0.1) is 25.4 Å². The Morgan fingerprint density at radius 3 is 2.27 bits per heavy atom. The first-order valence-corrected chi connectivity index (χ1v) is 5.64. The van der Waals surface area contributed by atoms with Gasteiger partial charge in [0.25, 0.3) is 0 Å².